The Balaban J connectivity index is 1.78. The third-order valence-corrected chi connectivity index (χ3v) is 4.63. The van der Waals surface area contributed by atoms with Crippen LogP contribution in [0.15, 0.2) is 12.1 Å². The summed E-state index contributed by atoms with van der Waals surface area (Å²) in [5, 5.41) is 3.63. The van der Waals surface area contributed by atoms with Crippen LogP contribution in [-0.2, 0) is 6.54 Å². The van der Waals surface area contributed by atoms with E-state index in [9.17, 15) is 0 Å². The molecule has 1 saturated heterocycles. The first kappa shape index (κ1) is 12.4. The molecule has 1 aliphatic rings. The Morgan fingerprint density at radius 2 is 2.38 bits per heavy atom. The average molecular weight is 259 g/mol. The van der Waals surface area contributed by atoms with E-state index >= 15 is 0 Å². The molecule has 1 fully saturated rings. The molecule has 1 aromatic rings. The molecule has 90 valence electrons. The highest BCUT2D eigenvalue weighted by Gasteiger charge is 2.22. The minimum Gasteiger partial charge on any atom is -0.309 e. The second-order valence-electron chi connectivity index (χ2n) is 4.64. The highest BCUT2D eigenvalue weighted by atomic mass is 35.5. The second kappa shape index (κ2) is 5.50. The first-order valence-corrected chi connectivity index (χ1v) is 7.02. The van der Waals surface area contributed by atoms with Gasteiger partial charge in [0.15, 0.2) is 0 Å². The number of thiophene rings is 1. The summed E-state index contributed by atoms with van der Waals surface area (Å²) in [7, 11) is 2.21. The zero-order valence-corrected chi connectivity index (χ0v) is 11.4. The first-order valence-electron chi connectivity index (χ1n) is 5.83. The summed E-state index contributed by atoms with van der Waals surface area (Å²) in [6, 6.07) is 5.43. The van der Waals surface area contributed by atoms with Crippen LogP contribution < -0.4 is 5.32 Å². The van der Waals surface area contributed by atoms with E-state index in [1.165, 1.54) is 24.3 Å². The zero-order valence-electron chi connectivity index (χ0n) is 9.87. The van der Waals surface area contributed by atoms with Gasteiger partial charge in [0.25, 0.3) is 0 Å². The van der Waals surface area contributed by atoms with Crippen molar-refractivity contribution in [3.05, 3.63) is 21.3 Å². The highest BCUT2D eigenvalue weighted by molar-refractivity contribution is 7.16. The molecule has 0 amide bonds. The van der Waals surface area contributed by atoms with Crippen LogP contribution in [0.4, 0.5) is 0 Å². The van der Waals surface area contributed by atoms with Gasteiger partial charge in [-0.25, -0.2) is 0 Å². The molecule has 1 N–H and O–H groups in total. The van der Waals surface area contributed by atoms with E-state index in [4.69, 9.17) is 11.6 Å². The lowest BCUT2D eigenvalue weighted by molar-refractivity contribution is 0.168. The molecule has 0 bridgehead atoms. The molecule has 2 nitrogen and oxygen atoms in total. The van der Waals surface area contributed by atoms with Gasteiger partial charge in [-0.2, -0.15) is 0 Å². The van der Waals surface area contributed by atoms with Gasteiger partial charge in [0.1, 0.15) is 0 Å². The summed E-state index contributed by atoms with van der Waals surface area (Å²) in [6.07, 6.45) is 2.50. The van der Waals surface area contributed by atoms with E-state index in [0.717, 1.165) is 10.9 Å². The lowest BCUT2D eigenvalue weighted by atomic mass is 9.99. The van der Waals surface area contributed by atoms with Crippen LogP contribution in [0.3, 0.4) is 0 Å². The molecule has 0 spiro atoms. The number of hydrogen-bond acceptors (Lipinski definition) is 3. The van der Waals surface area contributed by atoms with Gasteiger partial charge in [0, 0.05) is 23.5 Å². The van der Waals surface area contributed by atoms with Crippen molar-refractivity contribution in [2.24, 2.45) is 0 Å². The van der Waals surface area contributed by atoms with E-state index in [0.29, 0.717) is 12.1 Å². The molecule has 2 heterocycles. The standard InChI is InChI=1S/C12H19ClN2S/c1-9-7-10(5-6-15(9)2)14-8-11-3-4-12(13)16-11/h3-4,9-10,14H,5-8H2,1-2H3. The van der Waals surface area contributed by atoms with Gasteiger partial charge in [0.2, 0.25) is 0 Å². The second-order valence-corrected chi connectivity index (χ2v) is 6.44. The van der Waals surface area contributed by atoms with Crippen molar-refractivity contribution >= 4 is 22.9 Å². The number of piperidine rings is 1. The van der Waals surface area contributed by atoms with E-state index in [2.05, 4.69) is 30.3 Å². The Kier molecular flexibility index (Phi) is 4.25. The maximum atomic E-state index is 5.91. The van der Waals surface area contributed by atoms with E-state index in [-0.39, 0.29) is 0 Å². The molecule has 0 saturated carbocycles. The van der Waals surface area contributed by atoms with Gasteiger partial charge in [-0.3, -0.25) is 0 Å². The third-order valence-electron chi connectivity index (χ3n) is 3.40. The predicted octanol–water partition coefficient (Wildman–Crippen LogP) is 2.97. The van der Waals surface area contributed by atoms with Crippen molar-refractivity contribution < 1.29 is 0 Å². The summed E-state index contributed by atoms with van der Waals surface area (Å²) < 4.78 is 0.883. The fraction of sp³-hybridized carbons (Fsp3) is 0.667. The maximum Gasteiger partial charge on any atom is 0.0931 e. The highest BCUT2D eigenvalue weighted by Crippen LogP contribution is 2.22. The van der Waals surface area contributed by atoms with Crippen molar-refractivity contribution in [1.29, 1.82) is 0 Å². The molecule has 0 aliphatic carbocycles. The lowest BCUT2D eigenvalue weighted by Crippen LogP contribution is -2.45. The summed E-state index contributed by atoms with van der Waals surface area (Å²) in [5.41, 5.74) is 0. The predicted molar refractivity (Wildman–Crippen MR) is 71.3 cm³/mol. The molecule has 4 heteroatoms. The largest absolute Gasteiger partial charge is 0.309 e. The Hall–Kier alpha value is -0.0900. The van der Waals surface area contributed by atoms with Crippen molar-refractivity contribution in [2.45, 2.75) is 38.4 Å². The molecule has 0 aromatic carbocycles. The number of likely N-dealkylation sites (tertiary alicyclic amines) is 1. The Bertz CT molecular complexity index is 340. The van der Waals surface area contributed by atoms with Crippen molar-refractivity contribution in [2.75, 3.05) is 13.6 Å². The minimum atomic E-state index is 0.659. The molecule has 0 radical (unpaired) electrons. The summed E-state index contributed by atoms with van der Waals surface area (Å²) in [5.74, 6) is 0. The molecule has 2 rings (SSSR count). The Morgan fingerprint density at radius 1 is 1.56 bits per heavy atom. The number of nitrogens with one attached hydrogen (secondary N) is 1. The molecular weight excluding hydrogens is 240 g/mol. The summed E-state index contributed by atoms with van der Waals surface area (Å²) in [6.45, 7) is 4.46. The molecule has 16 heavy (non-hydrogen) atoms. The Morgan fingerprint density at radius 3 is 3.00 bits per heavy atom. The van der Waals surface area contributed by atoms with Gasteiger partial charge in [-0.1, -0.05) is 11.6 Å². The van der Waals surface area contributed by atoms with Gasteiger partial charge in [0.05, 0.1) is 4.34 Å². The van der Waals surface area contributed by atoms with E-state index in [1.807, 2.05) is 6.07 Å². The van der Waals surface area contributed by atoms with Crippen molar-refractivity contribution in [3.63, 3.8) is 0 Å². The number of halogens is 1. The van der Waals surface area contributed by atoms with Gasteiger partial charge in [-0.05, 0) is 45.5 Å². The van der Waals surface area contributed by atoms with Crippen LogP contribution in [0.25, 0.3) is 0 Å². The fourth-order valence-corrected chi connectivity index (χ4v) is 3.20. The van der Waals surface area contributed by atoms with Gasteiger partial charge >= 0.3 is 0 Å². The zero-order chi connectivity index (χ0) is 11.5. The topological polar surface area (TPSA) is 15.3 Å². The van der Waals surface area contributed by atoms with Crippen LogP contribution >= 0.6 is 22.9 Å². The smallest absolute Gasteiger partial charge is 0.0931 e. The molecule has 2 unspecified atom stereocenters. The van der Waals surface area contributed by atoms with Gasteiger partial charge < -0.3 is 10.2 Å². The van der Waals surface area contributed by atoms with Gasteiger partial charge in [-0.15, -0.1) is 11.3 Å². The van der Waals surface area contributed by atoms with Crippen LogP contribution in [0.2, 0.25) is 4.34 Å². The molecule has 1 aliphatic heterocycles. The number of hydrogen-bond donors (Lipinski definition) is 1. The van der Waals surface area contributed by atoms with Crippen LogP contribution in [-0.4, -0.2) is 30.6 Å². The lowest BCUT2D eigenvalue weighted by Gasteiger charge is -2.35. The van der Waals surface area contributed by atoms with Crippen molar-refractivity contribution in [3.8, 4) is 0 Å². The SMILES string of the molecule is CC1CC(NCc2ccc(Cl)s2)CCN1C. The summed E-state index contributed by atoms with van der Waals surface area (Å²) in [4.78, 5) is 3.76. The quantitative estimate of drug-likeness (QED) is 0.897. The molecule has 1 aromatic heterocycles. The normalized spacial score (nSPS) is 27.2. The van der Waals surface area contributed by atoms with Crippen LogP contribution in [0, 0.1) is 0 Å². The third kappa shape index (κ3) is 3.20. The number of rotatable bonds is 3. The fourth-order valence-electron chi connectivity index (χ4n) is 2.17. The monoisotopic (exact) mass is 258 g/mol. The van der Waals surface area contributed by atoms with Crippen LogP contribution in [0.5, 0.6) is 0 Å². The molecular formula is C12H19ClN2S. The first-order chi connectivity index (χ1) is 7.65. The van der Waals surface area contributed by atoms with E-state index in [1.54, 1.807) is 11.3 Å². The van der Waals surface area contributed by atoms with E-state index < -0.39 is 0 Å². The minimum absolute atomic E-state index is 0.659. The Labute approximate surface area is 107 Å². The number of nitrogens with zero attached hydrogens (tertiary/aromatic N) is 1. The maximum absolute atomic E-state index is 5.91. The molecule has 2 atom stereocenters. The average Bonchev–Trinajstić information content (AvgIpc) is 2.66. The summed E-state index contributed by atoms with van der Waals surface area (Å²) >= 11 is 7.58. The van der Waals surface area contributed by atoms with Crippen molar-refractivity contribution in [1.82, 2.24) is 10.2 Å². The van der Waals surface area contributed by atoms with Crippen LogP contribution in [0.1, 0.15) is 24.6 Å².